The zero-order chi connectivity index (χ0) is 13.7. The number of phenolic OH excluding ortho intramolecular Hbond substituents is 1. The van der Waals surface area contributed by atoms with Crippen molar-refractivity contribution in [2.24, 2.45) is 11.7 Å². The van der Waals surface area contributed by atoms with Crippen molar-refractivity contribution in [3.63, 3.8) is 0 Å². The molecule has 0 amide bonds. The predicted octanol–water partition coefficient (Wildman–Crippen LogP) is 2.89. The number of nitrogens with two attached hydrogens (primary N) is 1. The maximum absolute atomic E-state index is 12.8. The van der Waals surface area contributed by atoms with E-state index in [1.165, 1.54) is 12.1 Å². The van der Waals surface area contributed by atoms with Gasteiger partial charge in [-0.1, -0.05) is 24.3 Å². The second kappa shape index (κ2) is 6.34. The fraction of sp³-hybridized carbons (Fsp3) is 0.250. The molecule has 3 N–H and O–H groups in total. The number of hydrogen-bond acceptors (Lipinski definition) is 2. The lowest BCUT2D eigenvalue weighted by Crippen LogP contribution is -2.19. The van der Waals surface area contributed by atoms with Gasteiger partial charge in [0.25, 0.3) is 0 Å². The van der Waals surface area contributed by atoms with Crippen LogP contribution in [0.2, 0.25) is 0 Å². The van der Waals surface area contributed by atoms with Gasteiger partial charge in [-0.25, -0.2) is 4.39 Å². The number of rotatable bonds is 5. The van der Waals surface area contributed by atoms with Gasteiger partial charge in [-0.05, 0) is 60.7 Å². The number of benzene rings is 2. The Labute approximate surface area is 112 Å². The van der Waals surface area contributed by atoms with Crippen molar-refractivity contribution >= 4 is 0 Å². The highest BCUT2D eigenvalue weighted by molar-refractivity contribution is 5.26. The Morgan fingerprint density at radius 2 is 1.37 bits per heavy atom. The molecule has 2 aromatic carbocycles. The highest BCUT2D eigenvalue weighted by atomic mass is 19.1. The number of phenols is 1. The summed E-state index contributed by atoms with van der Waals surface area (Å²) >= 11 is 0. The van der Waals surface area contributed by atoms with Crippen LogP contribution < -0.4 is 5.73 Å². The minimum absolute atomic E-state index is 0.216. The molecule has 0 spiro atoms. The molecule has 2 rings (SSSR count). The van der Waals surface area contributed by atoms with Gasteiger partial charge in [-0.15, -0.1) is 0 Å². The van der Waals surface area contributed by atoms with E-state index in [0.717, 1.165) is 24.0 Å². The first kappa shape index (κ1) is 13.6. The van der Waals surface area contributed by atoms with Gasteiger partial charge in [0.05, 0.1) is 0 Å². The third-order valence-electron chi connectivity index (χ3n) is 3.23. The van der Waals surface area contributed by atoms with Crippen molar-refractivity contribution in [2.45, 2.75) is 12.8 Å². The fourth-order valence-electron chi connectivity index (χ4n) is 2.16. The summed E-state index contributed by atoms with van der Waals surface area (Å²) in [5, 5.41) is 9.25. The van der Waals surface area contributed by atoms with Gasteiger partial charge >= 0.3 is 0 Å². The van der Waals surface area contributed by atoms with Gasteiger partial charge in [0.2, 0.25) is 0 Å². The van der Waals surface area contributed by atoms with Crippen molar-refractivity contribution in [1.29, 1.82) is 0 Å². The quantitative estimate of drug-likeness (QED) is 0.867. The van der Waals surface area contributed by atoms with Gasteiger partial charge in [0.15, 0.2) is 0 Å². The van der Waals surface area contributed by atoms with Crippen LogP contribution in [0.15, 0.2) is 48.5 Å². The van der Waals surface area contributed by atoms with E-state index in [1.54, 1.807) is 24.3 Å². The minimum Gasteiger partial charge on any atom is -0.508 e. The number of hydrogen-bond donors (Lipinski definition) is 2. The molecule has 0 fully saturated rings. The molecule has 0 aliphatic rings. The summed E-state index contributed by atoms with van der Waals surface area (Å²) in [4.78, 5) is 0. The van der Waals surface area contributed by atoms with E-state index in [1.807, 2.05) is 12.1 Å². The third-order valence-corrected chi connectivity index (χ3v) is 3.23. The van der Waals surface area contributed by atoms with E-state index < -0.39 is 0 Å². The van der Waals surface area contributed by atoms with Crippen LogP contribution >= 0.6 is 0 Å². The van der Waals surface area contributed by atoms with Crippen LogP contribution in [0, 0.1) is 11.7 Å². The molecule has 0 saturated carbocycles. The Balaban J connectivity index is 2.00. The van der Waals surface area contributed by atoms with Crippen LogP contribution in [0.5, 0.6) is 5.75 Å². The summed E-state index contributed by atoms with van der Waals surface area (Å²) in [6.07, 6.45) is 1.69. The molecule has 2 nitrogen and oxygen atoms in total. The molecule has 0 heterocycles. The highest BCUT2D eigenvalue weighted by Crippen LogP contribution is 2.17. The second-order valence-corrected chi connectivity index (χ2v) is 4.80. The molecular weight excluding hydrogens is 241 g/mol. The van der Waals surface area contributed by atoms with E-state index in [9.17, 15) is 9.50 Å². The monoisotopic (exact) mass is 259 g/mol. The van der Waals surface area contributed by atoms with Gasteiger partial charge in [-0.2, -0.15) is 0 Å². The molecule has 0 saturated heterocycles. The summed E-state index contributed by atoms with van der Waals surface area (Å²) in [5.74, 6) is 0.369. The lowest BCUT2D eigenvalue weighted by Gasteiger charge is -2.15. The Hall–Kier alpha value is -1.87. The van der Waals surface area contributed by atoms with Gasteiger partial charge in [0.1, 0.15) is 11.6 Å². The summed E-state index contributed by atoms with van der Waals surface area (Å²) in [5.41, 5.74) is 8.05. The summed E-state index contributed by atoms with van der Waals surface area (Å²) in [7, 11) is 0. The van der Waals surface area contributed by atoms with Crippen molar-refractivity contribution in [3.8, 4) is 5.75 Å². The molecule has 1 atom stereocenters. The Morgan fingerprint density at radius 3 is 1.84 bits per heavy atom. The Bertz CT molecular complexity index is 460. The third kappa shape index (κ3) is 4.07. The molecule has 0 bridgehead atoms. The first-order valence-corrected chi connectivity index (χ1v) is 6.40. The van der Waals surface area contributed by atoms with Crippen LogP contribution in [0.25, 0.3) is 0 Å². The molecule has 100 valence electrons. The van der Waals surface area contributed by atoms with E-state index >= 15 is 0 Å². The molecule has 0 radical (unpaired) electrons. The Morgan fingerprint density at radius 1 is 0.895 bits per heavy atom. The Kier molecular flexibility index (Phi) is 4.53. The average molecular weight is 259 g/mol. The molecule has 0 aliphatic carbocycles. The van der Waals surface area contributed by atoms with Crippen LogP contribution in [0.4, 0.5) is 4.39 Å². The highest BCUT2D eigenvalue weighted by Gasteiger charge is 2.09. The lowest BCUT2D eigenvalue weighted by atomic mass is 9.92. The van der Waals surface area contributed by atoms with E-state index in [0.29, 0.717) is 12.5 Å². The van der Waals surface area contributed by atoms with Crippen LogP contribution in [0.3, 0.4) is 0 Å². The first-order chi connectivity index (χ1) is 9.17. The van der Waals surface area contributed by atoms with Crippen LogP contribution in [-0.2, 0) is 12.8 Å². The summed E-state index contributed by atoms with van der Waals surface area (Å²) < 4.78 is 12.8. The first-order valence-electron chi connectivity index (χ1n) is 6.40. The van der Waals surface area contributed by atoms with Crippen LogP contribution in [0.1, 0.15) is 11.1 Å². The minimum atomic E-state index is -0.216. The average Bonchev–Trinajstić information content (AvgIpc) is 2.43. The number of halogens is 1. The maximum Gasteiger partial charge on any atom is 0.123 e. The van der Waals surface area contributed by atoms with Crippen molar-refractivity contribution in [1.82, 2.24) is 0 Å². The topological polar surface area (TPSA) is 46.2 Å². The van der Waals surface area contributed by atoms with E-state index in [-0.39, 0.29) is 11.6 Å². The maximum atomic E-state index is 12.8. The molecule has 3 heteroatoms. The second-order valence-electron chi connectivity index (χ2n) is 4.80. The zero-order valence-electron chi connectivity index (χ0n) is 10.7. The molecular formula is C16H18FNO. The van der Waals surface area contributed by atoms with Gasteiger partial charge < -0.3 is 10.8 Å². The largest absolute Gasteiger partial charge is 0.508 e. The summed E-state index contributed by atoms with van der Waals surface area (Å²) in [6, 6.07) is 13.7. The molecule has 0 aliphatic heterocycles. The number of aromatic hydroxyl groups is 1. The standard InChI is InChI=1S/C16H18FNO/c17-15-5-1-12(2-6-15)9-14(11-18)10-13-3-7-16(19)8-4-13/h1-8,14,19H,9-11,18H2. The lowest BCUT2D eigenvalue weighted by molar-refractivity contribution is 0.474. The van der Waals surface area contributed by atoms with Crippen molar-refractivity contribution in [2.75, 3.05) is 6.54 Å². The SMILES string of the molecule is NCC(Cc1ccc(O)cc1)Cc1ccc(F)cc1. The zero-order valence-corrected chi connectivity index (χ0v) is 10.7. The molecule has 1 unspecified atom stereocenters. The van der Waals surface area contributed by atoms with Crippen molar-refractivity contribution in [3.05, 3.63) is 65.5 Å². The van der Waals surface area contributed by atoms with E-state index in [2.05, 4.69) is 0 Å². The predicted molar refractivity (Wildman–Crippen MR) is 74.5 cm³/mol. The van der Waals surface area contributed by atoms with Gasteiger partial charge in [0, 0.05) is 0 Å². The fourth-order valence-corrected chi connectivity index (χ4v) is 2.16. The molecule has 2 aromatic rings. The smallest absolute Gasteiger partial charge is 0.123 e. The molecule has 19 heavy (non-hydrogen) atoms. The normalized spacial score (nSPS) is 12.3. The summed E-state index contributed by atoms with van der Waals surface area (Å²) in [6.45, 7) is 0.582. The van der Waals surface area contributed by atoms with Gasteiger partial charge in [-0.3, -0.25) is 0 Å². The molecule has 0 aromatic heterocycles. The van der Waals surface area contributed by atoms with Crippen LogP contribution in [-0.4, -0.2) is 11.7 Å². The van der Waals surface area contributed by atoms with E-state index in [4.69, 9.17) is 5.73 Å². The van der Waals surface area contributed by atoms with Crippen molar-refractivity contribution < 1.29 is 9.50 Å².